The maximum Gasteiger partial charge on any atom is 0.236 e. The van der Waals surface area contributed by atoms with Crippen molar-refractivity contribution in [1.29, 1.82) is 0 Å². The average Bonchev–Trinajstić information content (AvgIpc) is 3.55. The molecule has 0 spiro atoms. The number of piperazine rings is 1. The first kappa shape index (κ1) is 18.0. The molecule has 4 rings (SSSR count). The minimum absolute atomic E-state index is 0.162. The van der Waals surface area contributed by atoms with Gasteiger partial charge in [-0.1, -0.05) is 30.3 Å². The van der Waals surface area contributed by atoms with Gasteiger partial charge < -0.3 is 15.1 Å². The van der Waals surface area contributed by atoms with Gasteiger partial charge in [0.25, 0.3) is 0 Å². The van der Waals surface area contributed by atoms with Crippen LogP contribution in [0.5, 0.6) is 0 Å². The summed E-state index contributed by atoms with van der Waals surface area (Å²) >= 11 is 0. The lowest BCUT2D eigenvalue weighted by atomic mass is 10.0. The van der Waals surface area contributed by atoms with Gasteiger partial charge >= 0.3 is 0 Å². The molecule has 1 aliphatic carbocycles. The number of rotatable bonds is 6. The lowest BCUT2D eigenvalue weighted by Crippen LogP contribution is -2.51. The molecular formula is C22H26FN3O. The van der Waals surface area contributed by atoms with Gasteiger partial charge in [-0.25, -0.2) is 4.39 Å². The van der Waals surface area contributed by atoms with E-state index in [9.17, 15) is 9.18 Å². The fourth-order valence-corrected chi connectivity index (χ4v) is 3.82. The van der Waals surface area contributed by atoms with E-state index in [-0.39, 0.29) is 17.8 Å². The highest BCUT2D eigenvalue weighted by Gasteiger charge is 2.32. The molecule has 4 nitrogen and oxygen atoms in total. The van der Waals surface area contributed by atoms with Gasteiger partial charge in [-0.05, 0) is 48.6 Å². The Morgan fingerprint density at radius 2 is 1.67 bits per heavy atom. The zero-order valence-electron chi connectivity index (χ0n) is 15.5. The number of hydrogen-bond acceptors (Lipinski definition) is 3. The topological polar surface area (TPSA) is 35.6 Å². The van der Waals surface area contributed by atoms with E-state index in [1.807, 2.05) is 11.0 Å². The third kappa shape index (κ3) is 4.48. The first-order valence-corrected chi connectivity index (χ1v) is 9.77. The van der Waals surface area contributed by atoms with Crippen LogP contribution in [0.15, 0.2) is 54.6 Å². The highest BCUT2D eigenvalue weighted by atomic mass is 19.1. The molecule has 2 aromatic rings. The predicted molar refractivity (Wildman–Crippen MR) is 105 cm³/mol. The van der Waals surface area contributed by atoms with Crippen LogP contribution in [0.3, 0.4) is 0 Å². The normalized spacial score (nSPS) is 18.4. The highest BCUT2D eigenvalue weighted by Crippen LogP contribution is 2.40. The van der Waals surface area contributed by atoms with E-state index in [2.05, 4.69) is 34.5 Å². The van der Waals surface area contributed by atoms with Crippen LogP contribution < -0.4 is 10.2 Å². The molecule has 2 aliphatic rings. The van der Waals surface area contributed by atoms with Crippen LogP contribution in [0.25, 0.3) is 0 Å². The summed E-state index contributed by atoms with van der Waals surface area (Å²) in [5.41, 5.74) is 2.29. The molecule has 1 atom stereocenters. The molecule has 142 valence electrons. The Balaban J connectivity index is 1.28. The number of benzene rings is 2. The molecule has 1 N–H and O–H groups in total. The summed E-state index contributed by atoms with van der Waals surface area (Å²) in [5.74, 6) is 0.591. The second-order valence-electron chi connectivity index (χ2n) is 7.45. The van der Waals surface area contributed by atoms with Crippen LogP contribution in [0.4, 0.5) is 10.1 Å². The van der Waals surface area contributed by atoms with Gasteiger partial charge in [0.1, 0.15) is 5.82 Å². The van der Waals surface area contributed by atoms with Gasteiger partial charge in [0.2, 0.25) is 5.91 Å². The number of amides is 1. The van der Waals surface area contributed by atoms with E-state index in [4.69, 9.17) is 0 Å². The molecule has 27 heavy (non-hydrogen) atoms. The Bertz CT molecular complexity index is 753. The highest BCUT2D eigenvalue weighted by molar-refractivity contribution is 5.78. The molecule has 1 saturated carbocycles. The van der Waals surface area contributed by atoms with Crippen molar-refractivity contribution in [3.05, 3.63) is 66.0 Å². The molecule has 1 amide bonds. The van der Waals surface area contributed by atoms with Crippen molar-refractivity contribution in [2.45, 2.75) is 18.9 Å². The van der Waals surface area contributed by atoms with Gasteiger partial charge in [-0.15, -0.1) is 0 Å². The summed E-state index contributed by atoms with van der Waals surface area (Å²) < 4.78 is 13.1. The van der Waals surface area contributed by atoms with E-state index in [0.29, 0.717) is 25.6 Å². The number of carbonyl (C=O) groups is 1. The summed E-state index contributed by atoms with van der Waals surface area (Å²) in [4.78, 5) is 16.8. The second kappa shape index (κ2) is 8.09. The largest absolute Gasteiger partial charge is 0.368 e. The summed E-state index contributed by atoms with van der Waals surface area (Å²) in [6.45, 7) is 3.35. The predicted octanol–water partition coefficient (Wildman–Crippen LogP) is 3.22. The van der Waals surface area contributed by atoms with Crippen LogP contribution >= 0.6 is 0 Å². The van der Waals surface area contributed by atoms with E-state index in [0.717, 1.165) is 18.8 Å². The second-order valence-corrected chi connectivity index (χ2v) is 7.45. The van der Waals surface area contributed by atoms with E-state index in [1.54, 1.807) is 12.1 Å². The summed E-state index contributed by atoms with van der Waals surface area (Å²) in [7, 11) is 0. The minimum Gasteiger partial charge on any atom is -0.368 e. The Kier molecular flexibility index (Phi) is 5.39. The first-order chi connectivity index (χ1) is 13.2. The Labute approximate surface area is 160 Å². The molecule has 0 bridgehead atoms. The first-order valence-electron chi connectivity index (χ1n) is 9.77. The van der Waals surface area contributed by atoms with Gasteiger partial charge in [-0.3, -0.25) is 4.79 Å². The number of hydrogen-bond donors (Lipinski definition) is 1. The number of nitrogens with zero attached hydrogens (tertiary/aromatic N) is 2. The Hall–Kier alpha value is -2.40. The standard InChI is InChI=1S/C22H26FN3O/c23-19-8-10-20(11-9-19)25-12-14-26(15-13-25)21(27)16-24-22(18-6-7-18)17-4-2-1-3-5-17/h1-5,8-11,18,22,24H,6-7,12-16H2. The summed E-state index contributed by atoms with van der Waals surface area (Å²) in [6, 6.07) is 17.3. The molecule has 5 heteroatoms. The van der Waals surface area contributed by atoms with Crippen molar-refractivity contribution in [1.82, 2.24) is 10.2 Å². The summed E-state index contributed by atoms with van der Waals surface area (Å²) in [6.07, 6.45) is 2.47. The fraction of sp³-hybridized carbons (Fsp3) is 0.409. The quantitative estimate of drug-likeness (QED) is 0.852. The maximum absolute atomic E-state index is 13.1. The SMILES string of the molecule is O=C(CNC(c1ccccc1)C1CC1)N1CCN(c2ccc(F)cc2)CC1. The minimum atomic E-state index is -0.220. The smallest absolute Gasteiger partial charge is 0.236 e. The average molecular weight is 367 g/mol. The van der Waals surface area contributed by atoms with Crippen molar-refractivity contribution in [2.24, 2.45) is 5.92 Å². The van der Waals surface area contributed by atoms with Crippen LogP contribution in [-0.2, 0) is 4.79 Å². The van der Waals surface area contributed by atoms with E-state index >= 15 is 0 Å². The van der Waals surface area contributed by atoms with E-state index < -0.39 is 0 Å². The van der Waals surface area contributed by atoms with Crippen LogP contribution in [0.1, 0.15) is 24.4 Å². The molecule has 1 aliphatic heterocycles. The molecule has 1 unspecified atom stereocenters. The van der Waals surface area contributed by atoms with Crippen molar-refractivity contribution in [2.75, 3.05) is 37.6 Å². The zero-order valence-corrected chi connectivity index (χ0v) is 15.5. The van der Waals surface area contributed by atoms with Crippen LogP contribution in [0.2, 0.25) is 0 Å². The monoisotopic (exact) mass is 367 g/mol. The number of anilines is 1. The van der Waals surface area contributed by atoms with Crippen LogP contribution in [0, 0.1) is 11.7 Å². The molecular weight excluding hydrogens is 341 g/mol. The van der Waals surface area contributed by atoms with Crippen LogP contribution in [-0.4, -0.2) is 43.5 Å². The molecule has 0 aromatic heterocycles. The van der Waals surface area contributed by atoms with E-state index in [1.165, 1.54) is 30.5 Å². The number of carbonyl (C=O) groups excluding carboxylic acids is 1. The molecule has 2 aromatic carbocycles. The third-order valence-corrected chi connectivity index (χ3v) is 5.55. The maximum atomic E-state index is 13.1. The van der Waals surface area contributed by atoms with Crippen molar-refractivity contribution in [3.63, 3.8) is 0 Å². The van der Waals surface area contributed by atoms with Crippen molar-refractivity contribution < 1.29 is 9.18 Å². The lowest BCUT2D eigenvalue weighted by molar-refractivity contribution is -0.130. The lowest BCUT2D eigenvalue weighted by Gasteiger charge is -2.36. The molecule has 1 saturated heterocycles. The molecule has 1 heterocycles. The van der Waals surface area contributed by atoms with Gasteiger partial charge in [-0.2, -0.15) is 0 Å². The van der Waals surface area contributed by atoms with Gasteiger partial charge in [0.05, 0.1) is 6.54 Å². The van der Waals surface area contributed by atoms with Crippen molar-refractivity contribution in [3.8, 4) is 0 Å². The number of nitrogens with one attached hydrogen (secondary N) is 1. The fourth-order valence-electron chi connectivity index (χ4n) is 3.82. The number of halogens is 1. The summed E-state index contributed by atoms with van der Waals surface area (Å²) in [5, 5.41) is 3.50. The van der Waals surface area contributed by atoms with Gasteiger partial charge in [0.15, 0.2) is 0 Å². The van der Waals surface area contributed by atoms with Gasteiger partial charge in [0, 0.05) is 37.9 Å². The zero-order chi connectivity index (χ0) is 18.6. The Morgan fingerprint density at radius 1 is 1.00 bits per heavy atom. The molecule has 0 radical (unpaired) electrons. The molecule has 2 fully saturated rings. The van der Waals surface area contributed by atoms with Crippen molar-refractivity contribution >= 4 is 11.6 Å². The third-order valence-electron chi connectivity index (χ3n) is 5.55. The Morgan fingerprint density at radius 3 is 2.30 bits per heavy atom.